The van der Waals surface area contributed by atoms with Gasteiger partial charge in [-0.15, -0.1) is 23.2 Å². The van der Waals surface area contributed by atoms with E-state index in [4.69, 9.17) is 23.2 Å². The summed E-state index contributed by atoms with van der Waals surface area (Å²) in [5.74, 6) is 0.441. The molecule has 0 aromatic heterocycles. The van der Waals surface area contributed by atoms with Crippen LogP contribution >= 0.6 is 61.7 Å². The van der Waals surface area contributed by atoms with Gasteiger partial charge < -0.3 is 5.32 Å². The minimum absolute atomic E-state index is 0.149. The number of nitrogens with one attached hydrogen (secondary N) is 1. The molecular weight excluding hydrogens is 452 g/mol. The number of hydrogen-bond donors (Lipinski definition) is 1. The van der Waals surface area contributed by atoms with Crippen molar-refractivity contribution in [1.82, 2.24) is 5.32 Å². The molecule has 0 heterocycles. The first-order valence-electron chi connectivity index (χ1n) is 5.37. The number of benzene rings is 1. The highest BCUT2D eigenvalue weighted by Crippen LogP contribution is 2.21. The lowest BCUT2D eigenvalue weighted by Gasteiger charge is -2.29. The Kier molecular flexibility index (Phi) is 6.72. The summed E-state index contributed by atoms with van der Waals surface area (Å²) in [4.78, 5) is 12.3. The van der Waals surface area contributed by atoms with Gasteiger partial charge in [0.15, 0.2) is 0 Å². The Labute approximate surface area is 139 Å². The summed E-state index contributed by atoms with van der Waals surface area (Å²) in [6, 6.07) is 5.57. The normalized spacial score (nSPS) is 11.4. The molecule has 1 aromatic rings. The zero-order valence-corrected chi connectivity index (χ0v) is 15.0. The van der Waals surface area contributed by atoms with Gasteiger partial charge in [-0.05, 0) is 47.2 Å². The Morgan fingerprint density at radius 1 is 1.44 bits per heavy atom. The van der Waals surface area contributed by atoms with Gasteiger partial charge in [-0.1, -0.05) is 22.9 Å². The predicted molar refractivity (Wildman–Crippen MR) is 88.8 cm³/mol. The predicted octanol–water partition coefficient (Wildman–Crippen LogP) is 4.41. The van der Waals surface area contributed by atoms with E-state index in [1.807, 2.05) is 19.1 Å². The van der Waals surface area contributed by atoms with Crippen molar-refractivity contribution in [3.05, 3.63) is 31.8 Å². The maximum atomic E-state index is 12.3. The smallest absolute Gasteiger partial charge is 0.252 e. The van der Waals surface area contributed by atoms with Crippen LogP contribution in [0.4, 0.5) is 0 Å². The van der Waals surface area contributed by atoms with Crippen LogP contribution in [0.5, 0.6) is 0 Å². The zero-order valence-electron chi connectivity index (χ0n) is 9.77. The highest BCUT2D eigenvalue weighted by Gasteiger charge is 2.29. The minimum Gasteiger partial charge on any atom is -0.344 e. The molecule has 18 heavy (non-hydrogen) atoms. The van der Waals surface area contributed by atoms with Crippen LogP contribution in [-0.2, 0) is 0 Å². The molecule has 1 aromatic carbocycles. The first kappa shape index (κ1) is 16.5. The van der Waals surface area contributed by atoms with Crippen molar-refractivity contribution >= 4 is 67.6 Å². The lowest BCUT2D eigenvalue weighted by molar-refractivity contribution is 0.0912. The standard InChI is InChI=1S/C12H13BrCl2INO/c1-2-12(6-14,7-15)17-11(18)9-5-8(13)3-4-10(9)16/h3-5H,2,6-7H2,1H3,(H,17,18). The summed E-state index contributed by atoms with van der Waals surface area (Å²) in [5, 5.41) is 2.94. The van der Waals surface area contributed by atoms with Crippen LogP contribution in [-0.4, -0.2) is 23.2 Å². The van der Waals surface area contributed by atoms with Crippen molar-refractivity contribution < 1.29 is 4.79 Å². The van der Waals surface area contributed by atoms with Gasteiger partial charge in [-0.25, -0.2) is 0 Å². The molecule has 2 nitrogen and oxygen atoms in total. The van der Waals surface area contributed by atoms with E-state index in [0.717, 1.165) is 8.04 Å². The van der Waals surface area contributed by atoms with Crippen LogP contribution in [0.25, 0.3) is 0 Å². The average molecular weight is 465 g/mol. The molecule has 1 amide bonds. The lowest BCUT2D eigenvalue weighted by atomic mass is 10.0. The molecule has 1 N–H and O–H groups in total. The van der Waals surface area contributed by atoms with E-state index in [1.165, 1.54) is 0 Å². The van der Waals surface area contributed by atoms with Crippen molar-refractivity contribution in [2.45, 2.75) is 18.9 Å². The van der Waals surface area contributed by atoms with Gasteiger partial charge in [0.05, 0.1) is 11.1 Å². The summed E-state index contributed by atoms with van der Waals surface area (Å²) >= 11 is 17.3. The number of amides is 1. The second kappa shape index (κ2) is 7.31. The van der Waals surface area contributed by atoms with E-state index in [2.05, 4.69) is 43.8 Å². The second-order valence-corrected chi connectivity index (χ2v) is 6.59. The van der Waals surface area contributed by atoms with E-state index in [0.29, 0.717) is 23.7 Å². The summed E-state index contributed by atoms with van der Waals surface area (Å²) in [7, 11) is 0. The van der Waals surface area contributed by atoms with Gasteiger partial charge in [0.25, 0.3) is 5.91 Å². The third kappa shape index (κ3) is 3.99. The van der Waals surface area contributed by atoms with Gasteiger partial charge in [-0.2, -0.15) is 0 Å². The monoisotopic (exact) mass is 463 g/mol. The van der Waals surface area contributed by atoms with E-state index < -0.39 is 5.54 Å². The van der Waals surface area contributed by atoms with E-state index in [1.54, 1.807) is 6.07 Å². The fourth-order valence-electron chi connectivity index (χ4n) is 1.36. The molecule has 0 fully saturated rings. The molecule has 0 radical (unpaired) electrons. The molecule has 0 saturated heterocycles. The average Bonchev–Trinajstić information content (AvgIpc) is 2.38. The SMILES string of the molecule is CCC(CCl)(CCl)NC(=O)c1cc(Br)ccc1I. The number of carbonyl (C=O) groups is 1. The molecule has 0 unspecified atom stereocenters. The van der Waals surface area contributed by atoms with Crippen molar-refractivity contribution in [2.24, 2.45) is 0 Å². The molecule has 0 bridgehead atoms. The van der Waals surface area contributed by atoms with E-state index >= 15 is 0 Å². The fourth-order valence-corrected chi connectivity index (χ4v) is 3.10. The van der Waals surface area contributed by atoms with Gasteiger partial charge in [-0.3, -0.25) is 4.79 Å². The number of alkyl halides is 2. The molecule has 0 aliphatic carbocycles. The van der Waals surface area contributed by atoms with Crippen LogP contribution in [0.15, 0.2) is 22.7 Å². The summed E-state index contributed by atoms with van der Waals surface area (Å²) in [6.45, 7) is 1.96. The van der Waals surface area contributed by atoms with Crippen LogP contribution in [0.2, 0.25) is 0 Å². The van der Waals surface area contributed by atoms with Gasteiger partial charge in [0, 0.05) is 19.8 Å². The summed E-state index contributed by atoms with van der Waals surface area (Å²) < 4.78 is 1.76. The van der Waals surface area contributed by atoms with Crippen LogP contribution in [0, 0.1) is 3.57 Å². The number of hydrogen-bond acceptors (Lipinski definition) is 1. The summed E-state index contributed by atoms with van der Waals surface area (Å²) in [6.07, 6.45) is 0.691. The minimum atomic E-state index is -0.550. The topological polar surface area (TPSA) is 29.1 Å². The van der Waals surface area contributed by atoms with Gasteiger partial charge in [0.2, 0.25) is 0 Å². The van der Waals surface area contributed by atoms with Gasteiger partial charge in [0.1, 0.15) is 0 Å². The van der Waals surface area contributed by atoms with Crippen molar-refractivity contribution in [3.8, 4) is 0 Å². The van der Waals surface area contributed by atoms with Crippen LogP contribution < -0.4 is 5.32 Å². The number of halogens is 4. The Balaban J connectivity index is 2.97. The maximum absolute atomic E-state index is 12.3. The van der Waals surface area contributed by atoms with Crippen LogP contribution in [0.1, 0.15) is 23.7 Å². The molecule has 0 atom stereocenters. The Hall–Kier alpha value is 0.480. The highest BCUT2D eigenvalue weighted by atomic mass is 127. The Bertz CT molecular complexity index is 430. The molecular formula is C12H13BrCl2INO. The zero-order chi connectivity index (χ0) is 13.8. The first-order chi connectivity index (χ1) is 8.48. The summed E-state index contributed by atoms with van der Waals surface area (Å²) in [5.41, 5.74) is 0.0732. The molecule has 6 heteroatoms. The Morgan fingerprint density at radius 2 is 2.06 bits per heavy atom. The largest absolute Gasteiger partial charge is 0.344 e. The Morgan fingerprint density at radius 3 is 2.56 bits per heavy atom. The first-order valence-corrected chi connectivity index (χ1v) is 8.31. The quantitative estimate of drug-likeness (QED) is 0.507. The van der Waals surface area contributed by atoms with E-state index in [-0.39, 0.29) is 5.91 Å². The number of rotatable bonds is 5. The van der Waals surface area contributed by atoms with Crippen molar-refractivity contribution in [2.75, 3.05) is 11.8 Å². The molecule has 0 aliphatic rings. The van der Waals surface area contributed by atoms with Gasteiger partial charge >= 0.3 is 0 Å². The molecule has 0 aliphatic heterocycles. The molecule has 1 rings (SSSR count). The lowest BCUT2D eigenvalue weighted by Crippen LogP contribution is -2.51. The molecule has 0 spiro atoms. The molecule has 0 saturated carbocycles. The third-order valence-corrected chi connectivity index (χ3v) is 5.20. The molecule has 100 valence electrons. The van der Waals surface area contributed by atoms with E-state index in [9.17, 15) is 4.79 Å². The number of carbonyl (C=O) groups excluding carboxylic acids is 1. The van der Waals surface area contributed by atoms with Crippen molar-refractivity contribution in [1.29, 1.82) is 0 Å². The maximum Gasteiger partial charge on any atom is 0.252 e. The third-order valence-electron chi connectivity index (χ3n) is 2.74. The second-order valence-electron chi connectivity index (χ2n) is 3.98. The fraction of sp³-hybridized carbons (Fsp3) is 0.417. The van der Waals surface area contributed by atoms with Crippen molar-refractivity contribution in [3.63, 3.8) is 0 Å². The highest BCUT2D eigenvalue weighted by molar-refractivity contribution is 14.1. The van der Waals surface area contributed by atoms with Crippen LogP contribution in [0.3, 0.4) is 0 Å².